The first-order valence-corrected chi connectivity index (χ1v) is 5.20. The van der Waals surface area contributed by atoms with Gasteiger partial charge in [0.15, 0.2) is 5.15 Å². The van der Waals surface area contributed by atoms with E-state index in [2.05, 4.69) is 23.8 Å². The van der Waals surface area contributed by atoms with E-state index in [0.29, 0.717) is 23.6 Å². The van der Waals surface area contributed by atoms with Crippen molar-refractivity contribution in [2.45, 2.75) is 26.7 Å². The highest BCUT2D eigenvalue weighted by atomic mass is 35.5. The maximum atomic E-state index is 5.67. The molecule has 0 fully saturated rings. The van der Waals surface area contributed by atoms with Crippen LogP contribution in [0.5, 0.6) is 5.88 Å². The quantitative estimate of drug-likeness (QED) is 0.756. The molecule has 1 aromatic heterocycles. The van der Waals surface area contributed by atoms with E-state index in [1.165, 1.54) is 12.6 Å². The van der Waals surface area contributed by atoms with Gasteiger partial charge in [0.2, 0.25) is 5.88 Å². The van der Waals surface area contributed by atoms with E-state index >= 15 is 0 Å². The Labute approximate surface area is 89.5 Å². The molecule has 1 rings (SSSR count). The van der Waals surface area contributed by atoms with Gasteiger partial charge in [0.25, 0.3) is 0 Å². The lowest BCUT2D eigenvalue weighted by atomic mass is 10.1. The summed E-state index contributed by atoms with van der Waals surface area (Å²) in [4.78, 5) is 7.87. The molecule has 3 nitrogen and oxygen atoms in total. The second-order valence-electron chi connectivity index (χ2n) is 3.38. The summed E-state index contributed by atoms with van der Waals surface area (Å²) in [5.41, 5.74) is 0. The molecule has 0 N–H and O–H groups in total. The third kappa shape index (κ3) is 3.92. The fraction of sp³-hybridized carbons (Fsp3) is 0.600. The molecule has 1 unspecified atom stereocenters. The van der Waals surface area contributed by atoms with Crippen LogP contribution in [-0.2, 0) is 0 Å². The van der Waals surface area contributed by atoms with E-state index < -0.39 is 0 Å². The highest BCUT2D eigenvalue weighted by Crippen LogP contribution is 2.11. The van der Waals surface area contributed by atoms with Crippen LogP contribution in [-0.4, -0.2) is 16.6 Å². The van der Waals surface area contributed by atoms with Crippen LogP contribution in [0.15, 0.2) is 12.4 Å². The maximum absolute atomic E-state index is 5.67. The number of halogens is 1. The summed E-state index contributed by atoms with van der Waals surface area (Å²) in [7, 11) is 0. The average molecular weight is 215 g/mol. The molecule has 1 aromatic rings. The number of rotatable bonds is 5. The minimum atomic E-state index is 0.366. The molecule has 0 bridgehead atoms. The molecule has 0 saturated heterocycles. The normalized spacial score (nSPS) is 12.5. The SMILES string of the molecule is CCCC(C)COc1cncc(Cl)n1. The van der Waals surface area contributed by atoms with Gasteiger partial charge in [-0.2, -0.15) is 4.98 Å². The highest BCUT2D eigenvalue weighted by Gasteiger charge is 2.03. The van der Waals surface area contributed by atoms with Crippen molar-refractivity contribution in [1.29, 1.82) is 0 Å². The first-order chi connectivity index (χ1) is 6.72. The van der Waals surface area contributed by atoms with Crippen LogP contribution < -0.4 is 4.74 Å². The summed E-state index contributed by atoms with van der Waals surface area (Å²) in [6.07, 6.45) is 5.40. The lowest BCUT2D eigenvalue weighted by Gasteiger charge is -2.10. The van der Waals surface area contributed by atoms with Crippen molar-refractivity contribution in [1.82, 2.24) is 9.97 Å². The zero-order valence-corrected chi connectivity index (χ0v) is 9.29. The van der Waals surface area contributed by atoms with Crippen molar-refractivity contribution in [3.05, 3.63) is 17.5 Å². The molecule has 0 aliphatic carbocycles. The van der Waals surface area contributed by atoms with Crippen LogP contribution in [0.4, 0.5) is 0 Å². The van der Waals surface area contributed by atoms with Crippen molar-refractivity contribution < 1.29 is 4.74 Å². The minimum absolute atomic E-state index is 0.366. The Balaban J connectivity index is 2.37. The van der Waals surface area contributed by atoms with E-state index in [0.717, 1.165) is 6.42 Å². The molecule has 0 amide bonds. The second-order valence-corrected chi connectivity index (χ2v) is 3.77. The smallest absolute Gasteiger partial charge is 0.233 e. The van der Waals surface area contributed by atoms with Crippen LogP contribution in [0.1, 0.15) is 26.7 Å². The summed E-state index contributed by atoms with van der Waals surface area (Å²) in [5, 5.41) is 0.366. The Morgan fingerprint density at radius 2 is 2.29 bits per heavy atom. The van der Waals surface area contributed by atoms with Crippen LogP contribution in [0.2, 0.25) is 5.15 Å². The van der Waals surface area contributed by atoms with Gasteiger partial charge in [-0.25, -0.2) is 0 Å². The standard InChI is InChI=1S/C10H15ClN2O/c1-3-4-8(2)7-14-10-6-12-5-9(11)13-10/h5-6,8H,3-4,7H2,1-2H3. The van der Waals surface area contributed by atoms with Crippen LogP contribution >= 0.6 is 11.6 Å². The average Bonchev–Trinajstić information content (AvgIpc) is 2.15. The Hall–Kier alpha value is -0.830. The van der Waals surface area contributed by atoms with Gasteiger partial charge >= 0.3 is 0 Å². The van der Waals surface area contributed by atoms with E-state index in [4.69, 9.17) is 16.3 Å². The fourth-order valence-electron chi connectivity index (χ4n) is 1.20. The van der Waals surface area contributed by atoms with E-state index in [1.54, 1.807) is 6.20 Å². The van der Waals surface area contributed by atoms with Crippen molar-refractivity contribution >= 4 is 11.6 Å². The van der Waals surface area contributed by atoms with Gasteiger partial charge in [0.05, 0.1) is 19.0 Å². The molecule has 0 spiro atoms. The van der Waals surface area contributed by atoms with Crippen molar-refractivity contribution in [3.8, 4) is 5.88 Å². The van der Waals surface area contributed by atoms with Crippen LogP contribution in [0.3, 0.4) is 0 Å². The largest absolute Gasteiger partial charge is 0.476 e. The Kier molecular flexibility index (Phi) is 4.66. The summed E-state index contributed by atoms with van der Waals surface area (Å²) in [6.45, 7) is 4.99. The van der Waals surface area contributed by atoms with Gasteiger partial charge in [-0.1, -0.05) is 31.9 Å². The number of ether oxygens (including phenoxy) is 1. The van der Waals surface area contributed by atoms with Crippen molar-refractivity contribution in [2.75, 3.05) is 6.61 Å². The number of hydrogen-bond acceptors (Lipinski definition) is 3. The number of nitrogens with zero attached hydrogens (tertiary/aromatic N) is 2. The Morgan fingerprint density at radius 3 is 2.93 bits per heavy atom. The van der Waals surface area contributed by atoms with Crippen LogP contribution in [0.25, 0.3) is 0 Å². The van der Waals surface area contributed by atoms with Gasteiger partial charge in [-0.15, -0.1) is 0 Å². The highest BCUT2D eigenvalue weighted by molar-refractivity contribution is 6.29. The molecule has 1 atom stereocenters. The molecule has 4 heteroatoms. The third-order valence-electron chi connectivity index (χ3n) is 1.88. The number of hydrogen-bond donors (Lipinski definition) is 0. The maximum Gasteiger partial charge on any atom is 0.233 e. The third-order valence-corrected chi connectivity index (χ3v) is 2.06. The first-order valence-electron chi connectivity index (χ1n) is 4.82. The predicted molar refractivity (Wildman–Crippen MR) is 56.6 cm³/mol. The van der Waals surface area contributed by atoms with Crippen molar-refractivity contribution in [2.24, 2.45) is 5.92 Å². The summed E-state index contributed by atoms with van der Waals surface area (Å²) in [6, 6.07) is 0. The fourth-order valence-corrected chi connectivity index (χ4v) is 1.34. The second kappa shape index (κ2) is 5.81. The first kappa shape index (κ1) is 11.2. The number of aromatic nitrogens is 2. The lowest BCUT2D eigenvalue weighted by Crippen LogP contribution is -2.09. The zero-order chi connectivity index (χ0) is 10.4. The molecular formula is C10H15ClN2O. The van der Waals surface area contributed by atoms with Gasteiger partial charge < -0.3 is 4.74 Å². The molecule has 0 saturated carbocycles. The summed E-state index contributed by atoms with van der Waals surface area (Å²) in [5.74, 6) is 1.04. The topological polar surface area (TPSA) is 35.0 Å². The minimum Gasteiger partial charge on any atom is -0.476 e. The zero-order valence-electron chi connectivity index (χ0n) is 8.53. The van der Waals surface area contributed by atoms with Gasteiger partial charge in [0.1, 0.15) is 0 Å². The Bertz CT molecular complexity index is 281. The monoisotopic (exact) mass is 214 g/mol. The molecule has 0 aromatic carbocycles. The van der Waals surface area contributed by atoms with E-state index in [1.807, 2.05) is 0 Å². The molecule has 14 heavy (non-hydrogen) atoms. The Morgan fingerprint density at radius 1 is 1.50 bits per heavy atom. The molecule has 1 heterocycles. The molecule has 78 valence electrons. The molecule has 0 aliphatic heterocycles. The van der Waals surface area contributed by atoms with Gasteiger partial charge in [-0.05, 0) is 12.3 Å². The molecule has 0 radical (unpaired) electrons. The lowest BCUT2D eigenvalue weighted by molar-refractivity contribution is 0.242. The van der Waals surface area contributed by atoms with Gasteiger partial charge in [0, 0.05) is 0 Å². The van der Waals surface area contributed by atoms with Crippen LogP contribution in [0, 0.1) is 5.92 Å². The van der Waals surface area contributed by atoms with E-state index in [9.17, 15) is 0 Å². The molecular weight excluding hydrogens is 200 g/mol. The predicted octanol–water partition coefficient (Wildman–Crippen LogP) is 2.95. The summed E-state index contributed by atoms with van der Waals surface area (Å²) < 4.78 is 5.44. The molecule has 0 aliphatic rings. The summed E-state index contributed by atoms with van der Waals surface area (Å²) >= 11 is 5.67. The van der Waals surface area contributed by atoms with E-state index in [-0.39, 0.29) is 0 Å². The van der Waals surface area contributed by atoms with Crippen molar-refractivity contribution in [3.63, 3.8) is 0 Å². The van der Waals surface area contributed by atoms with Gasteiger partial charge in [-0.3, -0.25) is 4.98 Å².